The van der Waals surface area contributed by atoms with Gasteiger partial charge in [0.25, 0.3) is 0 Å². The summed E-state index contributed by atoms with van der Waals surface area (Å²) >= 11 is 0. The maximum atomic E-state index is 6.13. The van der Waals surface area contributed by atoms with Crippen molar-refractivity contribution in [2.45, 2.75) is 44.9 Å². The van der Waals surface area contributed by atoms with Gasteiger partial charge in [0, 0.05) is 31.7 Å². The van der Waals surface area contributed by atoms with Gasteiger partial charge in [0.15, 0.2) is 6.23 Å². The molecule has 2 atom stereocenters. The van der Waals surface area contributed by atoms with Gasteiger partial charge in [0.1, 0.15) is 29.1 Å². The van der Waals surface area contributed by atoms with Crippen LogP contribution in [0.25, 0.3) is 22.3 Å². The molecule has 1 aromatic carbocycles. The molecule has 31 heavy (non-hydrogen) atoms. The van der Waals surface area contributed by atoms with Crippen LogP contribution in [-0.2, 0) is 27.7 Å². The van der Waals surface area contributed by atoms with Crippen LogP contribution in [0.4, 0.5) is 0 Å². The van der Waals surface area contributed by atoms with Crippen LogP contribution in [0, 0.1) is 0 Å². The number of hydrogen-bond acceptors (Lipinski definition) is 6. The van der Waals surface area contributed by atoms with E-state index in [2.05, 4.69) is 16.7 Å². The monoisotopic (exact) mass is 426 g/mol. The molecule has 0 saturated carbocycles. The van der Waals surface area contributed by atoms with Crippen LogP contribution in [0.1, 0.15) is 38.2 Å². The Hall–Kier alpha value is -2.42. The molecular weight excluding hydrogens is 396 g/mol. The standard InChI is InChI=1S/C23H30N4O4/c1-16-15-29-12-11-28-10-8-21-24-19(14-26(21)2)23-18-13-17(31-16)6-7-20(18)27(25-23)22-5-3-4-9-30-22/h6-7,13-14,16,22H,3-5,8-12,15H2,1-2H3/t16-,22?/m1/s1. The molecule has 0 radical (unpaired) electrons. The number of nitrogens with zero attached hydrogens (tertiary/aromatic N) is 4. The van der Waals surface area contributed by atoms with Crippen molar-refractivity contribution in [2.24, 2.45) is 7.05 Å². The van der Waals surface area contributed by atoms with Crippen LogP contribution >= 0.6 is 0 Å². The molecule has 166 valence electrons. The van der Waals surface area contributed by atoms with Crippen LogP contribution in [0.5, 0.6) is 5.75 Å². The summed E-state index contributed by atoms with van der Waals surface area (Å²) in [6.45, 7) is 5.02. The average molecular weight is 427 g/mol. The maximum absolute atomic E-state index is 6.13. The Balaban J connectivity index is 1.60. The second-order valence-electron chi connectivity index (χ2n) is 8.31. The molecule has 2 aromatic heterocycles. The molecule has 0 aliphatic carbocycles. The molecule has 3 aromatic rings. The van der Waals surface area contributed by atoms with Crippen LogP contribution in [0.15, 0.2) is 24.4 Å². The first kappa shape index (κ1) is 20.5. The first-order chi connectivity index (χ1) is 15.2. The molecule has 0 N–H and O–H groups in total. The quantitative estimate of drug-likeness (QED) is 0.593. The maximum Gasteiger partial charge on any atom is 0.150 e. The lowest BCUT2D eigenvalue weighted by Gasteiger charge is -2.23. The van der Waals surface area contributed by atoms with Crippen LogP contribution < -0.4 is 4.74 Å². The third kappa shape index (κ3) is 4.33. The van der Waals surface area contributed by atoms with E-state index in [0.29, 0.717) is 26.4 Å². The Labute approximate surface area is 182 Å². The SMILES string of the molecule is C[C@@H]1COCCOCCc2nc(cn2C)-c2nn(C3CCCCO3)c3ccc(cc23)O1. The van der Waals surface area contributed by atoms with E-state index in [1.54, 1.807) is 0 Å². The molecule has 1 unspecified atom stereocenters. The third-order valence-corrected chi connectivity index (χ3v) is 5.85. The van der Waals surface area contributed by atoms with Crippen molar-refractivity contribution in [1.82, 2.24) is 19.3 Å². The van der Waals surface area contributed by atoms with E-state index >= 15 is 0 Å². The van der Waals surface area contributed by atoms with Crippen molar-refractivity contribution < 1.29 is 18.9 Å². The molecule has 1 saturated heterocycles. The van der Waals surface area contributed by atoms with Gasteiger partial charge in [-0.15, -0.1) is 0 Å². The largest absolute Gasteiger partial charge is 0.488 e. The van der Waals surface area contributed by atoms with E-state index in [9.17, 15) is 0 Å². The summed E-state index contributed by atoms with van der Waals surface area (Å²) in [4.78, 5) is 4.89. The lowest BCUT2D eigenvalue weighted by molar-refractivity contribution is -0.0365. The predicted octanol–water partition coefficient (Wildman–Crippen LogP) is 3.49. The minimum absolute atomic E-state index is 0.0465. The van der Waals surface area contributed by atoms with Crippen molar-refractivity contribution in [1.29, 1.82) is 0 Å². The van der Waals surface area contributed by atoms with E-state index < -0.39 is 0 Å². The number of imidazole rings is 1. The summed E-state index contributed by atoms with van der Waals surface area (Å²) in [5, 5.41) is 6.01. The van der Waals surface area contributed by atoms with E-state index in [4.69, 9.17) is 29.0 Å². The highest BCUT2D eigenvalue weighted by atomic mass is 16.5. The van der Waals surface area contributed by atoms with Gasteiger partial charge in [-0.2, -0.15) is 5.10 Å². The number of rotatable bonds is 1. The van der Waals surface area contributed by atoms with Crippen molar-refractivity contribution in [3.05, 3.63) is 30.2 Å². The highest BCUT2D eigenvalue weighted by Gasteiger charge is 2.23. The average Bonchev–Trinajstić information content (AvgIpc) is 3.33. The highest BCUT2D eigenvalue weighted by molar-refractivity contribution is 5.93. The second-order valence-corrected chi connectivity index (χ2v) is 8.31. The van der Waals surface area contributed by atoms with Gasteiger partial charge < -0.3 is 23.5 Å². The Morgan fingerprint density at radius 1 is 1.06 bits per heavy atom. The molecule has 2 aliphatic rings. The van der Waals surface area contributed by atoms with E-state index in [1.165, 1.54) is 0 Å². The Kier molecular flexibility index (Phi) is 5.93. The minimum Gasteiger partial charge on any atom is -0.488 e. The number of aryl methyl sites for hydroxylation is 1. The van der Waals surface area contributed by atoms with Crippen molar-refractivity contribution in [3.8, 4) is 17.1 Å². The molecule has 4 heterocycles. The molecule has 0 spiro atoms. The van der Waals surface area contributed by atoms with Crippen molar-refractivity contribution in [2.75, 3.05) is 33.0 Å². The van der Waals surface area contributed by atoms with Crippen LogP contribution in [0.3, 0.4) is 0 Å². The van der Waals surface area contributed by atoms with Crippen LogP contribution in [0.2, 0.25) is 0 Å². The zero-order valence-corrected chi connectivity index (χ0v) is 18.2. The zero-order chi connectivity index (χ0) is 21.2. The fourth-order valence-electron chi connectivity index (χ4n) is 4.27. The van der Waals surface area contributed by atoms with Gasteiger partial charge in [0.05, 0.1) is 31.9 Å². The molecule has 5 rings (SSSR count). The van der Waals surface area contributed by atoms with Gasteiger partial charge in [-0.1, -0.05) is 0 Å². The van der Waals surface area contributed by atoms with Gasteiger partial charge in [0.2, 0.25) is 0 Å². The third-order valence-electron chi connectivity index (χ3n) is 5.85. The van der Waals surface area contributed by atoms with E-state index in [1.807, 2.05) is 30.9 Å². The molecule has 8 heteroatoms. The number of fused-ring (bicyclic) bond motifs is 4. The Bertz CT molecular complexity index is 1040. The van der Waals surface area contributed by atoms with Gasteiger partial charge in [-0.05, 0) is 44.4 Å². The summed E-state index contributed by atoms with van der Waals surface area (Å²) in [7, 11) is 2.02. The first-order valence-corrected chi connectivity index (χ1v) is 11.2. The normalized spacial score (nSPS) is 23.2. The minimum atomic E-state index is -0.0630. The molecule has 0 amide bonds. The van der Waals surface area contributed by atoms with Gasteiger partial charge in [-0.3, -0.25) is 0 Å². The fraction of sp³-hybridized carbons (Fsp3) is 0.565. The zero-order valence-electron chi connectivity index (χ0n) is 18.2. The summed E-state index contributed by atoms with van der Waals surface area (Å²) < 4.78 is 27.7. The number of hydrogen-bond donors (Lipinski definition) is 0. The van der Waals surface area contributed by atoms with Crippen molar-refractivity contribution in [3.63, 3.8) is 0 Å². The predicted molar refractivity (Wildman–Crippen MR) is 116 cm³/mol. The molecule has 4 bridgehead atoms. The van der Waals surface area contributed by atoms with Gasteiger partial charge in [-0.25, -0.2) is 9.67 Å². The summed E-state index contributed by atoms with van der Waals surface area (Å²) in [6.07, 6.45) is 5.89. The summed E-state index contributed by atoms with van der Waals surface area (Å²) in [5.41, 5.74) is 2.75. The highest BCUT2D eigenvalue weighted by Crippen LogP contribution is 2.34. The first-order valence-electron chi connectivity index (χ1n) is 11.2. The van der Waals surface area contributed by atoms with Crippen molar-refractivity contribution >= 4 is 10.9 Å². The number of ether oxygens (including phenoxy) is 4. The molecule has 2 aliphatic heterocycles. The molecular formula is C23H30N4O4. The fourth-order valence-corrected chi connectivity index (χ4v) is 4.27. The van der Waals surface area contributed by atoms with Crippen LogP contribution in [-0.4, -0.2) is 58.5 Å². The van der Waals surface area contributed by atoms with E-state index in [0.717, 1.165) is 66.2 Å². The Morgan fingerprint density at radius 2 is 1.97 bits per heavy atom. The number of benzene rings is 1. The number of aromatic nitrogens is 4. The molecule has 8 nitrogen and oxygen atoms in total. The second kappa shape index (κ2) is 8.98. The van der Waals surface area contributed by atoms with Gasteiger partial charge >= 0.3 is 0 Å². The lowest BCUT2D eigenvalue weighted by atomic mass is 10.1. The summed E-state index contributed by atoms with van der Waals surface area (Å²) in [6, 6.07) is 6.14. The molecule has 1 fully saturated rings. The Morgan fingerprint density at radius 3 is 2.84 bits per heavy atom. The van der Waals surface area contributed by atoms with E-state index in [-0.39, 0.29) is 12.3 Å². The lowest BCUT2D eigenvalue weighted by Crippen LogP contribution is -2.21. The topological polar surface area (TPSA) is 72.6 Å². The smallest absolute Gasteiger partial charge is 0.150 e. The summed E-state index contributed by atoms with van der Waals surface area (Å²) in [5.74, 6) is 1.77.